The SMILES string of the molecule is COc1cccc(CCNC(=O)c2ccnc(C(=O)N3CCOCC3)c2)c1. The predicted octanol–water partition coefficient (Wildman–Crippen LogP) is 1.54. The predicted molar refractivity (Wildman–Crippen MR) is 100.0 cm³/mol. The minimum absolute atomic E-state index is 0.177. The van der Waals surface area contributed by atoms with Crippen molar-refractivity contribution in [2.45, 2.75) is 6.42 Å². The number of hydrogen-bond acceptors (Lipinski definition) is 5. The highest BCUT2D eigenvalue weighted by atomic mass is 16.5. The molecule has 0 atom stereocenters. The van der Waals surface area contributed by atoms with E-state index in [0.717, 1.165) is 11.3 Å². The molecule has 1 aromatic carbocycles. The summed E-state index contributed by atoms with van der Waals surface area (Å²) in [5.41, 5.74) is 1.78. The van der Waals surface area contributed by atoms with Gasteiger partial charge in [0.25, 0.3) is 11.8 Å². The van der Waals surface area contributed by atoms with E-state index >= 15 is 0 Å². The smallest absolute Gasteiger partial charge is 0.272 e. The van der Waals surface area contributed by atoms with Crippen molar-refractivity contribution in [1.82, 2.24) is 15.2 Å². The number of benzene rings is 1. The first kappa shape index (κ1) is 18.8. The first-order chi connectivity index (χ1) is 13.2. The van der Waals surface area contributed by atoms with Crippen LogP contribution in [0, 0.1) is 0 Å². The number of pyridine rings is 1. The van der Waals surface area contributed by atoms with E-state index in [-0.39, 0.29) is 17.5 Å². The Morgan fingerprint density at radius 2 is 2.04 bits per heavy atom. The van der Waals surface area contributed by atoms with E-state index in [9.17, 15) is 9.59 Å². The molecule has 0 radical (unpaired) electrons. The summed E-state index contributed by atoms with van der Waals surface area (Å²) in [5.74, 6) is 0.389. The Balaban J connectivity index is 1.57. The molecule has 1 fully saturated rings. The maximum atomic E-state index is 12.5. The molecule has 0 bridgehead atoms. The number of nitrogens with one attached hydrogen (secondary N) is 1. The Kier molecular flexibility index (Phi) is 6.38. The Labute approximate surface area is 158 Å². The zero-order valence-electron chi connectivity index (χ0n) is 15.3. The van der Waals surface area contributed by atoms with Gasteiger partial charge in [-0.1, -0.05) is 12.1 Å². The van der Waals surface area contributed by atoms with Crippen LogP contribution in [0.3, 0.4) is 0 Å². The van der Waals surface area contributed by atoms with Gasteiger partial charge in [0.2, 0.25) is 0 Å². The third kappa shape index (κ3) is 5.04. The van der Waals surface area contributed by atoms with Gasteiger partial charge in [-0.05, 0) is 36.2 Å². The number of hydrogen-bond donors (Lipinski definition) is 1. The Hall–Kier alpha value is -2.93. The fourth-order valence-corrected chi connectivity index (χ4v) is 2.87. The van der Waals surface area contributed by atoms with E-state index in [4.69, 9.17) is 9.47 Å². The number of rotatable bonds is 6. The van der Waals surface area contributed by atoms with Crippen LogP contribution in [0.5, 0.6) is 5.75 Å². The van der Waals surface area contributed by atoms with E-state index in [0.29, 0.717) is 44.8 Å². The summed E-state index contributed by atoms with van der Waals surface area (Å²) in [7, 11) is 1.63. The number of ether oxygens (including phenoxy) is 2. The zero-order chi connectivity index (χ0) is 19.1. The number of amides is 2. The lowest BCUT2D eigenvalue weighted by Gasteiger charge is -2.26. The van der Waals surface area contributed by atoms with Crippen LogP contribution in [0.15, 0.2) is 42.6 Å². The fraction of sp³-hybridized carbons (Fsp3) is 0.350. The molecule has 0 spiro atoms. The van der Waals surface area contributed by atoms with Crippen LogP contribution in [-0.2, 0) is 11.2 Å². The number of aromatic nitrogens is 1. The number of nitrogens with zero attached hydrogens (tertiary/aromatic N) is 2. The fourth-order valence-electron chi connectivity index (χ4n) is 2.87. The topological polar surface area (TPSA) is 80.8 Å². The van der Waals surface area contributed by atoms with Crippen molar-refractivity contribution in [2.24, 2.45) is 0 Å². The lowest BCUT2D eigenvalue weighted by molar-refractivity contribution is 0.0299. The zero-order valence-corrected chi connectivity index (χ0v) is 15.3. The van der Waals surface area contributed by atoms with Crippen LogP contribution in [0.1, 0.15) is 26.4 Å². The van der Waals surface area contributed by atoms with Crippen LogP contribution in [-0.4, -0.2) is 61.7 Å². The molecule has 2 amide bonds. The summed E-state index contributed by atoms with van der Waals surface area (Å²) in [5, 5.41) is 2.88. The molecule has 1 saturated heterocycles. The van der Waals surface area contributed by atoms with Crippen LogP contribution < -0.4 is 10.1 Å². The molecule has 0 aliphatic carbocycles. The third-order valence-electron chi connectivity index (χ3n) is 4.37. The van der Waals surface area contributed by atoms with Gasteiger partial charge in [0.05, 0.1) is 20.3 Å². The molecule has 0 unspecified atom stereocenters. The summed E-state index contributed by atoms with van der Waals surface area (Å²) in [6.07, 6.45) is 2.18. The summed E-state index contributed by atoms with van der Waals surface area (Å²) in [6, 6.07) is 10.9. The molecule has 2 heterocycles. The quantitative estimate of drug-likeness (QED) is 0.835. The van der Waals surface area contributed by atoms with Gasteiger partial charge in [-0.25, -0.2) is 0 Å². The van der Waals surface area contributed by atoms with E-state index in [2.05, 4.69) is 10.3 Å². The van der Waals surface area contributed by atoms with Gasteiger partial charge in [-0.15, -0.1) is 0 Å². The third-order valence-corrected chi connectivity index (χ3v) is 4.37. The number of morpholine rings is 1. The van der Waals surface area contributed by atoms with Crippen molar-refractivity contribution in [3.8, 4) is 5.75 Å². The second kappa shape index (κ2) is 9.14. The highest BCUT2D eigenvalue weighted by molar-refractivity contribution is 5.98. The maximum Gasteiger partial charge on any atom is 0.272 e. The molecule has 142 valence electrons. The van der Waals surface area contributed by atoms with Crippen molar-refractivity contribution in [3.63, 3.8) is 0 Å². The number of carbonyl (C=O) groups excluding carboxylic acids is 2. The first-order valence-corrected chi connectivity index (χ1v) is 8.91. The highest BCUT2D eigenvalue weighted by Crippen LogP contribution is 2.13. The molecule has 3 rings (SSSR count). The van der Waals surface area contributed by atoms with Crippen LogP contribution in [0.4, 0.5) is 0 Å². The summed E-state index contributed by atoms with van der Waals surface area (Å²) in [6.45, 7) is 2.61. The first-order valence-electron chi connectivity index (χ1n) is 8.91. The largest absolute Gasteiger partial charge is 0.497 e. The van der Waals surface area contributed by atoms with Crippen LogP contribution >= 0.6 is 0 Å². The molecule has 1 aliphatic rings. The van der Waals surface area contributed by atoms with Gasteiger partial charge < -0.3 is 19.7 Å². The van der Waals surface area contributed by atoms with Crippen molar-refractivity contribution in [1.29, 1.82) is 0 Å². The maximum absolute atomic E-state index is 12.5. The Bertz CT molecular complexity index is 803. The average Bonchev–Trinajstić information content (AvgIpc) is 2.74. The average molecular weight is 369 g/mol. The van der Waals surface area contributed by atoms with Gasteiger partial charge in [-0.3, -0.25) is 14.6 Å². The lowest BCUT2D eigenvalue weighted by Crippen LogP contribution is -2.41. The van der Waals surface area contributed by atoms with Crippen LogP contribution in [0.2, 0.25) is 0 Å². The Morgan fingerprint density at radius 1 is 1.22 bits per heavy atom. The second-order valence-electron chi connectivity index (χ2n) is 6.19. The molecule has 2 aromatic rings. The minimum atomic E-state index is -0.226. The van der Waals surface area contributed by atoms with E-state index in [1.807, 2.05) is 24.3 Å². The summed E-state index contributed by atoms with van der Waals surface area (Å²) < 4.78 is 10.5. The van der Waals surface area contributed by atoms with Gasteiger partial charge in [0, 0.05) is 31.4 Å². The van der Waals surface area contributed by atoms with E-state index < -0.39 is 0 Å². The molecule has 1 aromatic heterocycles. The summed E-state index contributed by atoms with van der Waals surface area (Å²) in [4.78, 5) is 30.7. The normalized spacial score (nSPS) is 13.9. The molecule has 0 saturated carbocycles. The van der Waals surface area contributed by atoms with Gasteiger partial charge in [-0.2, -0.15) is 0 Å². The molecular formula is C20H23N3O4. The van der Waals surface area contributed by atoms with Crippen molar-refractivity contribution in [2.75, 3.05) is 40.0 Å². The molecule has 1 aliphatic heterocycles. The van der Waals surface area contributed by atoms with Crippen molar-refractivity contribution in [3.05, 3.63) is 59.4 Å². The van der Waals surface area contributed by atoms with Crippen molar-refractivity contribution < 1.29 is 19.1 Å². The second-order valence-corrected chi connectivity index (χ2v) is 6.19. The lowest BCUT2D eigenvalue weighted by atomic mass is 10.1. The highest BCUT2D eigenvalue weighted by Gasteiger charge is 2.20. The van der Waals surface area contributed by atoms with E-state index in [1.165, 1.54) is 6.20 Å². The monoisotopic (exact) mass is 369 g/mol. The van der Waals surface area contributed by atoms with Crippen molar-refractivity contribution >= 4 is 11.8 Å². The van der Waals surface area contributed by atoms with Gasteiger partial charge in [0.15, 0.2) is 0 Å². The molecule has 1 N–H and O–H groups in total. The standard InChI is InChI=1S/C20H23N3O4/c1-26-17-4-2-3-15(13-17)5-7-22-19(24)16-6-8-21-18(14-16)20(25)23-9-11-27-12-10-23/h2-4,6,8,13-14H,5,7,9-12H2,1H3,(H,22,24). The molecular weight excluding hydrogens is 346 g/mol. The van der Waals surface area contributed by atoms with E-state index in [1.54, 1.807) is 24.1 Å². The Morgan fingerprint density at radius 3 is 2.81 bits per heavy atom. The molecule has 27 heavy (non-hydrogen) atoms. The van der Waals surface area contributed by atoms with Gasteiger partial charge >= 0.3 is 0 Å². The number of carbonyl (C=O) groups is 2. The summed E-state index contributed by atoms with van der Waals surface area (Å²) >= 11 is 0. The van der Waals surface area contributed by atoms with Gasteiger partial charge in [0.1, 0.15) is 11.4 Å². The minimum Gasteiger partial charge on any atom is -0.497 e. The van der Waals surface area contributed by atoms with Crippen LogP contribution in [0.25, 0.3) is 0 Å². The molecule has 7 nitrogen and oxygen atoms in total. The number of methoxy groups -OCH3 is 1. The molecule has 7 heteroatoms.